The maximum absolute atomic E-state index is 13.4. The first kappa shape index (κ1) is 14.8. The summed E-state index contributed by atoms with van der Waals surface area (Å²) in [6, 6.07) is 11.2. The van der Waals surface area contributed by atoms with Crippen LogP contribution in [-0.4, -0.2) is 13.0 Å². The summed E-state index contributed by atoms with van der Waals surface area (Å²) in [5, 5.41) is 2.81. The van der Waals surface area contributed by atoms with E-state index in [-0.39, 0.29) is 23.2 Å². The SMILES string of the molecule is COc1cccc(C(C)NC(=O)c2ccc(N)c(F)c2)c1. The molecule has 0 aromatic heterocycles. The Kier molecular flexibility index (Phi) is 4.42. The third kappa shape index (κ3) is 3.51. The molecule has 0 aliphatic rings. The fourth-order valence-corrected chi connectivity index (χ4v) is 1.94. The van der Waals surface area contributed by atoms with Gasteiger partial charge in [-0.1, -0.05) is 12.1 Å². The van der Waals surface area contributed by atoms with Crippen LogP contribution in [0.4, 0.5) is 10.1 Å². The number of amides is 1. The Morgan fingerprint density at radius 1 is 1.29 bits per heavy atom. The number of benzene rings is 2. The number of nitrogen functional groups attached to an aromatic ring is 1. The molecule has 2 aromatic carbocycles. The largest absolute Gasteiger partial charge is 0.497 e. The number of hydrogen-bond donors (Lipinski definition) is 2. The number of nitrogens with two attached hydrogens (primary N) is 1. The predicted molar refractivity (Wildman–Crippen MR) is 79.7 cm³/mol. The number of carbonyl (C=O) groups is 1. The Morgan fingerprint density at radius 3 is 2.71 bits per heavy atom. The van der Waals surface area contributed by atoms with Gasteiger partial charge in [0.1, 0.15) is 11.6 Å². The second-order valence-electron chi connectivity index (χ2n) is 4.71. The fourth-order valence-electron chi connectivity index (χ4n) is 1.94. The normalized spacial score (nSPS) is 11.8. The summed E-state index contributed by atoms with van der Waals surface area (Å²) in [5.41, 5.74) is 6.55. The van der Waals surface area contributed by atoms with Gasteiger partial charge >= 0.3 is 0 Å². The van der Waals surface area contributed by atoms with Crippen LogP contribution < -0.4 is 15.8 Å². The summed E-state index contributed by atoms with van der Waals surface area (Å²) in [5.74, 6) is -0.243. The molecule has 0 spiro atoms. The first-order valence-electron chi connectivity index (χ1n) is 6.51. The molecular weight excluding hydrogens is 271 g/mol. The fraction of sp³-hybridized carbons (Fsp3) is 0.188. The average molecular weight is 288 g/mol. The van der Waals surface area contributed by atoms with E-state index in [1.165, 1.54) is 12.1 Å². The third-order valence-electron chi connectivity index (χ3n) is 3.20. The highest BCUT2D eigenvalue weighted by atomic mass is 19.1. The van der Waals surface area contributed by atoms with Crippen molar-refractivity contribution in [3.8, 4) is 5.75 Å². The highest BCUT2D eigenvalue weighted by molar-refractivity contribution is 5.94. The molecule has 0 heterocycles. The van der Waals surface area contributed by atoms with Crippen molar-refractivity contribution >= 4 is 11.6 Å². The first-order valence-corrected chi connectivity index (χ1v) is 6.51. The molecule has 110 valence electrons. The van der Waals surface area contributed by atoms with E-state index in [0.717, 1.165) is 11.6 Å². The van der Waals surface area contributed by atoms with Crippen molar-refractivity contribution in [1.82, 2.24) is 5.32 Å². The topological polar surface area (TPSA) is 64.3 Å². The zero-order chi connectivity index (χ0) is 15.4. The summed E-state index contributed by atoms with van der Waals surface area (Å²) in [7, 11) is 1.58. The zero-order valence-electron chi connectivity index (χ0n) is 11.9. The van der Waals surface area contributed by atoms with Crippen LogP contribution in [0, 0.1) is 5.82 Å². The van der Waals surface area contributed by atoms with Crippen molar-refractivity contribution in [3.63, 3.8) is 0 Å². The maximum atomic E-state index is 13.4. The lowest BCUT2D eigenvalue weighted by Gasteiger charge is -2.15. The van der Waals surface area contributed by atoms with Gasteiger partial charge < -0.3 is 15.8 Å². The monoisotopic (exact) mass is 288 g/mol. The summed E-state index contributed by atoms with van der Waals surface area (Å²) in [6.45, 7) is 1.85. The van der Waals surface area contributed by atoms with Gasteiger partial charge in [-0.05, 0) is 42.8 Å². The minimum atomic E-state index is -0.600. The number of ether oxygens (including phenoxy) is 1. The van der Waals surface area contributed by atoms with Crippen LogP contribution in [0.5, 0.6) is 5.75 Å². The van der Waals surface area contributed by atoms with Gasteiger partial charge in [-0.15, -0.1) is 0 Å². The van der Waals surface area contributed by atoms with Crippen molar-refractivity contribution in [2.45, 2.75) is 13.0 Å². The Hall–Kier alpha value is -2.56. The minimum Gasteiger partial charge on any atom is -0.497 e. The van der Waals surface area contributed by atoms with Crippen molar-refractivity contribution in [2.24, 2.45) is 0 Å². The molecule has 2 rings (SSSR count). The van der Waals surface area contributed by atoms with Crippen molar-refractivity contribution in [3.05, 3.63) is 59.4 Å². The summed E-state index contributed by atoms with van der Waals surface area (Å²) in [6.07, 6.45) is 0. The minimum absolute atomic E-state index is 0.0207. The molecule has 0 saturated heterocycles. The molecule has 0 aliphatic carbocycles. The molecule has 0 fully saturated rings. The van der Waals surface area contributed by atoms with Crippen LogP contribution in [0.3, 0.4) is 0 Å². The van der Waals surface area contributed by atoms with E-state index in [1.54, 1.807) is 7.11 Å². The second-order valence-corrected chi connectivity index (χ2v) is 4.71. The Morgan fingerprint density at radius 2 is 2.05 bits per heavy atom. The third-order valence-corrected chi connectivity index (χ3v) is 3.20. The summed E-state index contributed by atoms with van der Waals surface area (Å²) >= 11 is 0. The van der Waals surface area contributed by atoms with E-state index in [4.69, 9.17) is 10.5 Å². The van der Waals surface area contributed by atoms with E-state index >= 15 is 0 Å². The number of hydrogen-bond acceptors (Lipinski definition) is 3. The van der Waals surface area contributed by atoms with E-state index in [2.05, 4.69) is 5.32 Å². The lowest BCUT2D eigenvalue weighted by Crippen LogP contribution is -2.26. The predicted octanol–water partition coefficient (Wildman–Crippen LogP) is 2.91. The quantitative estimate of drug-likeness (QED) is 0.850. The number of rotatable bonds is 4. The molecule has 4 nitrogen and oxygen atoms in total. The molecule has 3 N–H and O–H groups in total. The van der Waals surface area contributed by atoms with E-state index in [9.17, 15) is 9.18 Å². The lowest BCUT2D eigenvalue weighted by molar-refractivity contribution is 0.0939. The standard InChI is InChI=1S/C16H17FN2O2/c1-10(11-4-3-5-13(8-11)21-2)19-16(20)12-6-7-15(18)14(17)9-12/h3-10H,18H2,1-2H3,(H,19,20). The van der Waals surface area contributed by atoms with Gasteiger partial charge in [0.25, 0.3) is 5.91 Å². The number of carbonyl (C=O) groups excluding carboxylic acids is 1. The summed E-state index contributed by atoms with van der Waals surface area (Å²) in [4.78, 5) is 12.1. The second kappa shape index (κ2) is 6.26. The van der Waals surface area contributed by atoms with E-state index < -0.39 is 5.82 Å². The van der Waals surface area contributed by atoms with Crippen LogP contribution in [0.1, 0.15) is 28.9 Å². The van der Waals surface area contributed by atoms with Crippen molar-refractivity contribution in [2.75, 3.05) is 12.8 Å². The Bertz CT molecular complexity index is 658. The van der Waals surface area contributed by atoms with Gasteiger partial charge in [0.2, 0.25) is 0 Å². The lowest BCUT2D eigenvalue weighted by atomic mass is 10.1. The van der Waals surface area contributed by atoms with Gasteiger partial charge in [-0.2, -0.15) is 0 Å². The molecule has 5 heteroatoms. The highest BCUT2D eigenvalue weighted by Gasteiger charge is 2.13. The van der Waals surface area contributed by atoms with Crippen LogP contribution in [0.2, 0.25) is 0 Å². The molecule has 2 aromatic rings. The van der Waals surface area contributed by atoms with Crippen molar-refractivity contribution in [1.29, 1.82) is 0 Å². The number of halogens is 1. The number of nitrogens with one attached hydrogen (secondary N) is 1. The van der Waals surface area contributed by atoms with E-state index in [0.29, 0.717) is 5.75 Å². The molecule has 0 saturated carbocycles. The molecular formula is C16H17FN2O2. The van der Waals surface area contributed by atoms with Gasteiger partial charge in [0.15, 0.2) is 0 Å². The first-order chi connectivity index (χ1) is 10.0. The average Bonchev–Trinajstić information content (AvgIpc) is 2.49. The molecule has 21 heavy (non-hydrogen) atoms. The number of anilines is 1. The molecule has 1 unspecified atom stereocenters. The maximum Gasteiger partial charge on any atom is 0.251 e. The molecule has 1 amide bonds. The molecule has 0 aliphatic heterocycles. The van der Waals surface area contributed by atoms with Gasteiger partial charge in [0.05, 0.1) is 18.8 Å². The van der Waals surface area contributed by atoms with Crippen LogP contribution >= 0.6 is 0 Å². The Balaban J connectivity index is 2.12. The van der Waals surface area contributed by atoms with Gasteiger partial charge in [-0.3, -0.25) is 4.79 Å². The zero-order valence-corrected chi connectivity index (χ0v) is 11.9. The van der Waals surface area contributed by atoms with Crippen LogP contribution in [0.15, 0.2) is 42.5 Å². The molecule has 0 bridgehead atoms. The summed E-state index contributed by atoms with van der Waals surface area (Å²) < 4.78 is 18.5. The smallest absolute Gasteiger partial charge is 0.251 e. The number of methoxy groups -OCH3 is 1. The van der Waals surface area contributed by atoms with Gasteiger partial charge in [-0.25, -0.2) is 4.39 Å². The van der Waals surface area contributed by atoms with Gasteiger partial charge in [0, 0.05) is 5.56 Å². The van der Waals surface area contributed by atoms with Crippen molar-refractivity contribution < 1.29 is 13.9 Å². The molecule has 1 atom stereocenters. The van der Waals surface area contributed by atoms with Crippen LogP contribution in [0.25, 0.3) is 0 Å². The molecule has 0 radical (unpaired) electrons. The Labute approximate surface area is 122 Å². The van der Waals surface area contributed by atoms with E-state index in [1.807, 2.05) is 31.2 Å². The highest BCUT2D eigenvalue weighted by Crippen LogP contribution is 2.19. The van der Waals surface area contributed by atoms with Crippen LogP contribution in [-0.2, 0) is 0 Å².